The number of hydrogen-bond donors (Lipinski definition) is 1. The topological polar surface area (TPSA) is 61.3 Å². The van der Waals surface area contributed by atoms with Crippen LogP contribution >= 0.6 is 0 Å². The highest BCUT2D eigenvalue weighted by molar-refractivity contribution is 5.33. The molecule has 0 radical (unpaired) electrons. The molecule has 0 unspecified atom stereocenters. The molecule has 5 heteroatoms. The van der Waals surface area contributed by atoms with Gasteiger partial charge in [-0.3, -0.25) is 0 Å². The van der Waals surface area contributed by atoms with E-state index in [1.165, 1.54) is 12.1 Å². The second kappa shape index (κ2) is 4.97. The lowest BCUT2D eigenvalue weighted by Crippen LogP contribution is -2.02. The number of nitrogens with zero attached hydrogens (tertiary/aromatic N) is 1. The van der Waals surface area contributed by atoms with Gasteiger partial charge >= 0.3 is 0 Å². The normalized spacial score (nSPS) is 10.5. The summed E-state index contributed by atoms with van der Waals surface area (Å²) in [7, 11) is 0. The van der Waals surface area contributed by atoms with Crippen LogP contribution in [0, 0.1) is 12.7 Å². The second-order valence-electron chi connectivity index (χ2n) is 3.68. The largest absolute Gasteiger partial charge is 0.485 e. The van der Waals surface area contributed by atoms with Gasteiger partial charge in [-0.15, -0.1) is 0 Å². The van der Waals surface area contributed by atoms with Crippen molar-refractivity contribution >= 4 is 0 Å². The summed E-state index contributed by atoms with van der Waals surface area (Å²) in [6, 6.07) is 6.04. The van der Waals surface area contributed by atoms with E-state index in [-0.39, 0.29) is 19.0 Å². The molecule has 1 heterocycles. The molecule has 0 aliphatic rings. The number of aromatic nitrogens is 1. The van der Waals surface area contributed by atoms with E-state index in [9.17, 15) is 4.39 Å². The Morgan fingerprint density at radius 1 is 1.41 bits per heavy atom. The third kappa shape index (κ3) is 2.82. The molecule has 0 amide bonds. The third-order valence-corrected chi connectivity index (χ3v) is 2.29. The summed E-state index contributed by atoms with van der Waals surface area (Å²) < 4.78 is 23.5. The smallest absolute Gasteiger partial charge is 0.174 e. The lowest BCUT2D eigenvalue weighted by Gasteiger charge is -2.08. The fraction of sp³-hybridized carbons (Fsp3) is 0.250. The van der Waals surface area contributed by atoms with Crippen LogP contribution in [0.2, 0.25) is 0 Å². The highest BCUT2D eigenvalue weighted by Crippen LogP contribution is 2.20. The minimum Gasteiger partial charge on any atom is -0.485 e. The molecule has 17 heavy (non-hydrogen) atoms. The van der Waals surface area contributed by atoms with Gasteiger partial charge in [0.05, 0.1) is 5.69 Å². The molecule has 2 N–H and O–H groups in total. The second-order valence-corrected chi connectivity index (χ2v) is 3.68. The van der Waals surface area contributed by atoms with E-state index in [1.807, 2.05) is 6.92 Å². The summed E-state index contributed by atoms with van der Waals surface area (Å²) in [5.74, 6) is 0.853. The van der Waals surface area contributed by atoms with Crippen LogP contribution in [0.4, 0.5) is 4.39 Å². The Balaban J connectivity index is 2.08. The zero-order chi connectivity index (χ0) is 12.3. The van der Waals surface area contributed by atoms with Gasteiger partial charge in [0.2, 0.25) is 0 Å². The fourth-order valence-electron chi connectivity index (χ4n) is 1.48. The lowest BCUT2D eigenvalue weighted by molar-refractivity contribution is 0.246. The average molecular weight is 236 g/mol. The maximum absolute atomic E-state index is 13.0. The number of nitrogens with two attached hydrogens (primary N) is 1. The van der Waals surface area contributed by atoms with Gasteiger partial charge in [0.15, 0.2) is 5.76 Å². The minimum absolute atomic E-state index is 0.225. The van der Waals surface area contributed by atoms with Gasteiger partial charge in [-0.1, -0.05) is 5.16 Å². The summed E-state index contributed by atoms with van der Waals surface area (Å²) in [4.78, 5) is 0. The van der Waals surface area contributed by atoms with Crippen molar-refractivity contribution in [2.75, 3.05) is 0 Å². The van der Waals surface area contributed by atoms with Crippen molar-refractivity contribution in [1.29, 1.82) is 0 Å². The SMILES string of the molecule is Cc1cc(COc2ccc(F)cc2CN)on1. The van der Waals surface area contributed by atoms with Gasteiger partial charge in [0.1, 0.15) is 18.2 Å². The van der Waals surface area contributed by atoms with Gasteiger partial charge in [0, 0.05) is 18.2 Å². The molecule has 2 rings (SSSR count). The van der Waals surface area contributed by atoms with Crippen LogP contribution in [0.1, 0.15) is 17.0 Å². The Bertz CT molecular complexity index is 511. The van der Waals surface area contributed by atoms with E-state index in [1.54, 1.807) is 12.1 Å². The molecule has 0 aliphatic heterocycles. The number of rotatable bonds is 4. The van der Waals surface area contributed by atoms with Crippen LogP contribution < -0.4 is 10.5 Å². The first kappa shape index (κ1) is 11.6. The first-order valence-electron chi connectivity index (χ1n) is 5.22. The zero-order valence-electron chi connectivity index (χ0n) is 9.44. The molecule has 1 aromatic heterocycles. The lowest BCUT2D eigenvalue weighted by atomic mass is 10.2. The van der Waals surface area contributed by atoms with Crippen molar-refractivity contribution in [2.24, 2.45) is 5.73 Å². The molecule has 0 spiro atoms. The van der Waals surface area contributed by atoms with E-state index in [2.05, 4.69) is 5.16 Å². The predicted molar refractivity (Wildman–Crippen MR) is 59.9 cm³/mol. The molecule has 2 aromatic rings. The van der Waals surface area contributed by atoms with Crippen molar-refractivity contribution in [1.82, 2.24) is 5.16 Å². The summed E-state index contributed by atoms with van der Waals surface area (Å²) in [5.41, 5.74) is 6.93. The molecular formula is C12H13FN2O2. The van der Waals surface area contributed by atoms with Gasteiger partial charge < -0.3 is 15.0 Å². The van der Waals surface area contributed by atoms with Gasteiger partial charge in [-0.05, 0) is 25.1 Å². The van der Waals surface area contributed by atoms with Gasteiger partial charge in [0.25, 0.3) is 0 Å². The summed E-state index contributed by atoms with van der Waals surface area (Å²) >= 11 is 0. The monoisotopic (exact) mass is 236 g/mol. The molecular weight excluding hydrogens is 223 g/mol. The number of hydrogen-bond acceptors (Lipinski definition) is 4. The molecule has 0 atom stereocenters. The molecule has 0 saturated carbocycles. The first-order chi connectivity index (χ1) is 8.19. The van der Waals surface area contributed by atoms with Crippen LogP contribution in [-0.2, 0) is 13.2 Å². The summed E-state index contributed by atoms with van der Waals surface area (Å²) in [6.45, 7) is 2.30. The van der Waals surface area contributed by atoms with Crippen LogP contribution in [0.25, 0.3) is 0 Å². The number of halogens is 1. The van der Waals surface area contributed by atoms with Crippen molar-refractivity contribution in [3.63, 3.8) is 0 Å². The molecule has 0 bridgehead atoms. The quantitative estimate of drug-likeness (QED) is 0.883. The Morgan fingerprint density at radius 3 is 2.88 bits per heavy atom. The van der Waals surface area contributed by atoms with Crippen molar-refractivity contribution in [3.8, 4) is 5.75 Å². The first-order valence-corrected chi connectivity index (χ1v) is 5.22. The maximum atomic E-state index is 13.0. The standard InChI is InChI=1S/C12H13FN2O2/c1-8-4-11(17-15-8)7-16-12-3-2-10(13)5-9(12)6-14/h2-5H,6-7,14H2,1H3. The van der Waals surface area contributed by atoms with Gasteiger partial charge in [-0.2, -0.15) is 0 Å². The maximum Gasteiger partial charge on any atom is 0.174 e. The number of aryl methyl sites for hydroxylation is 1. The molecule has 0 saturated heterocycles. The van der Waals surface area contributed by atoms with Crippen LogP contribution in [0.3, 0.4) is 0 Å². The zero-order valence-corrected chi connectivity index (χ0v) is 9.44. The molecule has 4 nitrogen and oxygen atoms in total. The Kier molecular flexibility index (Phi) is 3.39. The summed E-state index contributed by atoms with van der Waals surface area (Å²) in [5, 5.41) is 3.75. The van der Waals surface area contributed by atoms with E-state index >= 15 is 0 Å². The van der Waals surface area contributed by atoms with Crippen LogP contribution in [-0.4, -0.2) is 5.16 Å². The highest BCUT2D eigenvalue weighted by atomic mass is 19.1. The van der Waals surface area contributed by atoms with Gasteiger partial charge in [-0.25, -0.2) is 4.39 Å². The highest BCUT2D eigenvalue weighted by Gasteiger charge is 2.06. The Hall–Kier alpha value is -1.88. The van der Waals surface area contributed by atoms with E-state index in [4.69, 9.17) is 15.0 Å². The predicted octanol–water partition coefficient (Wildman–Crippen LogP) is 2.16. The number of ether oxygens (including phenoxy) is 1. The Morgan fingerprint density at radius 2 is 2.24 bits per heavy atom. The van der Waals surface area contributed by atoms with Crippen molar-refractivity contribution in [2.45, 2.75) is 20.1 Å². The van der Waals surface area contributed by atoms with Crippen LogP contribution in [0.15, 0.2) is 28.8 Å². The minimum atomic E-state index is -0.326. The summed E-state index contributed by atoms with van der Waals surface area (Å²) in [6.07, 6.45) is 0. The van der Waals surface area contributed by atoms with Crippen molar-refractivity contribution in [3.05, 3.63) is 47.1 Å². The third-order valence-electron chi connectivity index (χ3n) is 2.29. The van der Waals surface area contributed by atoms with E-state index in [0.29, 0.717) is 17.1 Å². The molecule has 0 fully saturated rings. The Labute approximate surface area is 98.2 Å². The molecule has 0 aliphatic carbocycles. The average Bonchev–Trinajstić information content (AvgIpc) is 2.73. The molecule has 90 valence electrons. The molecule has 1 aromatic carbocycles. The fourth-order valence-corrected chi connectivity index (χ4v) is 1.48. The van der Waals surface area contributed by atoms with Crippen molar-refractivity contribution < 1.29 is 13.7 Å². The number of benzene rings is 1. The van der Waals surface area contributed by atoms with Crippen LogP contribution in [0.5, 0.6) is 5.75 Å². The van der Waals surface area contributed by atoms with E-state index < -0.39 is 0 Å². The van der Waals surface area contributed by atoms with E-state index in [0.717, 1.165) is 5.69 Å².